The molecule has 2 N–H and O–H groups in total. The van der Waals surface area contributed by atoms with Crippen LogP contribution in [0.5, 0.6) is 0 Å². The fourth-order valence-corrected chi connectivity index (χ4v) is 1.19. The molecule has 0 aliphatic heterocycles. The van der Waals surface area contributed by atoms with Gasteiger partial charge in [-0.15, -0.1) is 0 Å². The SMILES string of the molecule is [N-]=[N+]=N[C@H]1CC[C@H](O)[C@H](O)C1=O. The van der Waals surface area contributed by atoms with Crippen LogP contribution in [0.15, 0.2) is 5.11 Å². The first-order valence-corrected chi connectivity index (χ1v) is 3.61. The van der Waals surface area contributed by atoms with Gasteiger partial charge in [0.2, 0.25) is 0 Å². The molecule has 1 saturated carbocycles. The van der Waals surface area contributed by atoms with E-state index >= 15 is 0 Å². The number of hydrogen-bond acceptors (Lipinski definition) is 4. The molecule has 0 aromatic heterocycles. The number of nitrogens with zero attached hydrogens (tertiary/aromatic N) is 3. The Bertz CT molecular complexity index is 236. The molecule has 0 heterocycles. The molecule has 1 aliphatic rings. The number of azide groups is 1. The van der Waals surface area contributed by atoms with Crippen molar-refractivity contribution in [2.24, 2.45) is 5.11 Å². The van der Waals surface area contributed by atoms with Crippen molar-refractivity contribution in [3.05, 3.63) is 10.4 Å². The van der Waals surface area contributed by atoms with Gasteiger partial charge in [-0.2, -0.15) is 0 Å². The second kappa shape index (κ2) is 3.53. The third-order valence-electron chi connectivity index (χ3n) is 1.91. The summed E-state index contributed by atoms with van der Waals surface area (Å²) in [6.45, 7) is 0. The van der Waals surface area contributed by atoms with E-state index in [0.29, 0.717) is 6.42 Å². The monoisotopic (exact) mass is 171 g/mol. The highest BCUT2D eigenvalue weighted by Gasteiger charge is 2.35. The maximum atomic E-state index is 11.1. The Morgan fingerprint density at radius 1 is 1.50 bits per heavy atom. The van der Waals surface area contributed by atoms with Crippen molar-refractivity contribution in [3.63, 3.8) is 0 Å². The van der Waals surface area contributed by atoms with E-state index in [9.17, 15) is 4.79 Å². The van der Waals surface area contributed by atoms with E-state index in [2.05, 4.69) is 10.0 Å². The number of ketones is 1. The smallest absolute Gasteiger partial charge is 0.172 e. The van der Waals surface area contributed by atoms with Gasteiger partial charge in [0.25, 0.3) is 0 Å². The summed E-state index contributed by atoms with van der Waals surface area (Å²) in [7, 11) is 0. The standard InChI is InChI=1S/C6H9N3O3/c7-9-8-3-1-2-4(10)6(12)5(3)11/h3-4,6,10,12H,1-2H2/t3-,4-,6-/m0/s1. The number of hydrogen-bond donors (Lipinski definition) is 2. The number of carbonyl (C=O) groups is 1. The summed E-state index contributed by atoms with van der Waals surface area (Å²) < 4.78 is 0. The third kappa shape index (κ3) is 1.55. The Labute approximate surface area is 68.4 Å². The molecule has 0 aromatic rings. The van der Waals surface area contributed by atoms with Crippen LogP contribution in [0.1, 0.15) is 12.8 Å². The highest BCUT2D eigenvalue weighted by molar-refractivity contribution is 5.89. The highest BCUT2D eigenvalue weighted by Crippen LogP contribution is 2.18. The lowest BCUT2D eigenvalue weighted by molar-refractivity contribution is -0.138. The Morgan fingerprint density at radius 3 is 2.75 bits per heavy atom. The Balaban J connectivity index is 2.71. The normalized spacial score (nSPS) is 35.8. The molecule has 0 bridgehead atoms. The molecule has 0 saturated heterocycles. The van der Waals surface area contributed by atoms with E-state index < -0.39 is 24.0 Å². The van der Waals surface area contributed by atoms with Gasteiger partial charge >= 0.3 is 0 Å². The topological polar surface area (TPSA) is 106 Å². The van der Waals surface area contributed by atoms with E-state index in [1.807, 2.05) is 0 Å². The maximum Gasteiger partial charge on any atom is 0.172 e. The van der Waals surface area contributed by atoms with Crippen LogP contribution in [0.4, 0.5) is 0 Å². The molecule has 6 nitrogen and oxygen atoms in total. The molecule has 0 unspecified atom stereocenters. The average molecular weight is 171 g/mol. The first-order chi connectivity index (χ1) is 5.66. The molecule has 66 valence electrons. The summed E-state index contributed by atoms with van der Waals surface area (Å²) in [5.41, 5.74) is 8.05. The minimum absolute atomic E-state index is 0.288. The molecular formula is C6H9N3O3. The lowest BCUT2D eigenvalue weighted by atomic mass is 9.90. The predicted octanol–water partition coefficient (Wildman–Crippen LogP) is -0.250. The summed E-state index contributed by atoms with van der Waals surface area (Å²) in [5.74, 6) is -0.591. The molecule has 6 heteroatoms. The summed E-state index contributed by atoms with van der Waals surface area (Å²) in [6, 6.07) is -0.812. The molecule has 0 aromatic carbocycles. The van der Waals surface area contributed by atoms with Gasteiger partial charge in [-0.25, -0.2) is 0 Å². The van der Waals surface area contributed by atoms with Crippen molar-refractivity contribution in [1.29, 1.82) is 0 Å². The van der Waals surface area contributed by atoms with E-state index in [4.69, 9.17) is 15.7 Å². The van der Waals surface area contributed by atoms with Gasteiger partial charge in [-0.05, 0) is 18.4 Å². The van der Waals surface area contributed by atoms with Crippen molar-refractivity contribution < 1.29 is 15.0 Å². The molecule has 0 amide bonds. The highest BCUT2D eigenvalue weighted by atomic mass is 16.3. The lowest BCUT2D eigenvalue weighted by Crippen LogP contribution is -2.44. The summed E-state index contributed by atoms with van der Waals surface area (Å²) >= 11 is 0. The zero-order valence-electron chi connectivity index (χ0n) is 6.29. The maximum absolute atomic E-state index is 11.1. The van der Waals surface area contributed by atoms with Crippen molar-refractivity contribution in [2.45, 2.75) is 31.1 Å². The number of rotatable bonds is 1. The van der Waals surface area contributed by atoms with E-state index in [-0.39, 0.29) is 6.42 Å². The van der Waals surface area contributed by atoms with Gasteiger partial charge in [-0.1, -0.05) is 5.11 Å². The van der Waals surface area contributed by atoms with Crippen molar-refractivity contribution in [1.82, 2.24) is 0 Å². The van der Waals surface area contributed by atoms with Crippen molar-refractivity contribution >= 4 is 5.78 Å². The average Bonchev–Trinajstić information content (AvgIpc) is 2.07. The molecule has 0 radical (unpaired) electrons. The second-order valence-corrected chi connectivity index (χ2v) is 2.71. The first kappa shape index (κ1) is 8.99. The Kier molecular flexibility index (Phi) is 2.65. The molecule has 1 aliphatic carbocycles. The molecule has 0 spiro atoms. The van der Waals surface area contributed by atoms with Crippen LogP contribution < -0.4 is 0 Å². The van der Waals surface area contributed by atoms with Gasteiger partial charge in [0.1, 0.15) is 6.10 Å². The molecule has 1 rings (SSSR count). The fourth-order valence-electron chi connectivity index (χ4n) is 1.19. The minimum Gasteiger partial charge on any atom is -0.390 e. The van der Waals surface area contributed by atoms with Crippen molar-refractivity contribution in [2.75, 3.05) is 0 Å². The number of carbonyl (C=O) groups excluding carboxylic acids is 1. The predicted molar refractivity (Wildman–Crippen MR) is 39.2 cm³/mol. The van der Waals surface area contributed by atoms with Crippen LogP contribution in [0, 0.1) is 0 Å². The van der Waals surface area contributed by atoms with Gasteiger partial charge in [0.05, 0.1) is 12.1 Å². The molecule has 12 heavy (non-hydrogen) atoms. The van der Waals surface area contributed by atoms with Crippen LogP contribution in [-0.4, -0.2) is 34.2 Å². The van der Waals surface area contributed by atoms with Crippen LogP contribution in [0.25, 0.3) is 10.4 Å². The molecular weight excluding hydrogens is 162 g/mol. The van der Waals surface area contributed by atoms with Crippen LogP contribution in [0.2, 0.25) is 0 Å². The lowest BCUT2D eigenvalue weighted by Gasteiger charge is -2.25. The summed E-state index contributed by atoms with van der Waals surface area (Å²) in [6.07, 6.45) is -1.81. The van der Waals surface area contributed by atoms with E-state index in [1.165, 1.54) is 0 Å². The largest absolute Gasteiger partial charge is 0.390 e. The second-order valence-electron chi connectivity index (χ2n) is 2.71. The van der Waals surface area contributed by atoms with Crippen LogP contribution in [-0.2, 0) is 4.79 Å². The zero-order chi connectivity index (χ0) is 9.14. The molecule has 3 atom stereocenters. The fraction of sp³-hybridized carbons (Fsp3) is 0.833. The Hall–Kier alpha value is -1.10. The quantitative estimate of drug-likeness (QED) is 0.322. The summed E-state index contributed by atoms with van der Waals surface area (Å²) in [5, 5.41) is 21.3. The van der Waals surface area contributed by atoms with Gasteiger partial charge in [0.15, 0.2) is 5.78 Å². The van der Waals surface area contributed by atoms with Gasteiger partial charge in [-0.3, -0.25) is 4.79 Å². The van der Waals surface area contributed by atoms with Crippen LogP contribution >= 0.6 is 0 Å². The third-order valence-corrected chi connectivity index (χ3v) is 1.91. The molecule has 1 fully saturated rings. The number of Topliss-reactive ketones (excluding diaryl/α,β-unsaturated/α-hetero) is 1. The number of aliphatic hydroxyl groups excluding tert-OH is 2. The van der Waals surface area contributed by atoms with Gasteiger partial charge in [0, 0.05) is 4.91 Å². The van der Waals surface area contributed by atoms with E-state index in [1.54, 1.807) is 0 Å². The summed E-state index contributed by atoms with van der Waals surface area (Å²) in [4.78, 5) is 13.5. The first-order valence-electron chi connectivity index (χ1n) is 3.61. The van der Waals surface area contributed by atoms with Gasteiger partial charge < -0.3 is 10.2 Å². The minimum atomic E-state index is -1.39. The Morgan fingerprint density at radius 2 is 2.17 bits per heavy atom. The van der Waals surface area contributed by atoms with Crippen LogP contribution in [0.3, 0.4) is 0 Å². The van der Waals surface area contributed by atoms with E-state index in [0.717, 1.165) is 0 Å². The number of aliphatic hydroxyl groups is 2. The zero-order valence-corrected chi connectivity index (χ0v) is 6.29. The van der Waals surface area contributed by atoms with Crippen molar-refractivity contribution in [3.8, 4) is 0 Å².